The quantitative estimate of drug-likeness (QED) is 0.212. The van der Waals surface area contributed by atoms with Crippen LogP contribution < -0.4 is 14.8 Å². The maximum Gasteiger partial charge on any atom is 0.408 e. The second kappa shape index (κ2) is 14.3. The average Bonchev–Trinajstić information content (AvgIpc) is 3.88. The zero-order chi connectivity index (χ0) is 32.2. The van der Waals surface area contributed by atoms with E-state index in [1.54, 1.807) is 6.07 Å². The Bertz CT molecular complexity index is 1610. The topological polar surface area (TPSA) is 91.3 Å². The number of nitrogens with zero attached hydrogens (tertiary/aromatic N) is 2. The lowest BCUT2D eigenvalue weighted by Crippen LogP contribution is -2.63. The van der Waals surface area contributed by atoms with Gasteiger partial charge in [0.15, 0.2) is 0 Å². The molecule has 0 aromatic heterocycles. The lowest BCUT2D eigenvalue weighted by molar-refractivity contribution is -0.129. The van der Waals surface area contributed by atoms with Crippen LogP contribution in [-0.4, -0.2) is 77.9 Å². The number of rotatable bonds is 12. The highest BCUT2D eigenvalue weighted by atomic mass is 79.9. The summed E-state index contributed by atoms with van der Waals surface area (Å²) in [6.07, 6.45) is 2.85. The first kappa shape index (κ1) is 32.1. The third-order valence-electron chi connectivity index (χ3n) is 8.90. The molecule has 2 fully saturated rings. The van der Waals surface area contributed by atoms with Gasteiger partial charge in [-0.15, -0.1) is 0 Å². The normalized spacial score (nSPS) is 19.2. The molecule has 3 aromatic rings. The van der Waals surface area contributed by atoms with Crippen molar-refractivity contribution in [3.05, 3.63) is 99.3 Å². The van der Waals surface area contributed by atoms with Crippen LogP contribution in [0.5, 0.6) is 11.5 Å². The molecule has 2 bridgehead atoms. The number of halogens is 2. The number of carboxylic acid groups (broad SMARTS) is 1. The molecular weight excluding hydrogens is 653 g/mol. The van der Waals surface area contributed by atoms with Crippen LogP contribution in [0.1, 0.15) is 42.4 Å². The molecule has 1 saturated carbocycles. The fourth-order valence-corrected chi connectivity index (χ4v) is 6.87. The largest absolute Gasteiger partial charge is 0.492 e. The van der Waals surface area contributed by atoms with E-state index in [1.807, 2.05) is 48.2 Å². The van der Waals surface area contributed by atoms with E-state index in [2.05, 4.69) is 33.4 Å². The van der Waals surface area contributed by atoms with E-state index in [-0.39, 0.29) is 23.8 Å². The van der Waals surface area contributed by atoms with Gasteiger partial charge in [0, 0.05) is 30.8 Å². The minimum Gasteiger partial charge on any atom is -0.492 e. The van der Waals surface area contributed by atoms with Crippen LogP contribution in [0.4, 0.5) is 9.18 Å². The molecule has 2 amide bonds. The van der Waals surface area contributed by atoms with Crippen molar-refractivity contribution >= 4 is 33.5 Å². The minimum absolute atomic E-state index is 0.103. The van der Waals surface area contributed by atoms with Crippen LogP contribution in [0.25, 0.3) is 5.57 Å². The number of benzene rings is 3. The molecule has 1 aliphatic carbocycles. The number of aryl methyl sites for hydroxylation is 2. The highest BCUT2D eigenvalue weighted by molar-refractivity contribution is 9.10. The third kappa shape index (κ3) is 7.39. The maximum absolute atomic E-state index is 14.5. The van der Waals surface area contributed by atoms with Crippen molar-refractivity contribution in [2.75, 3.05) is 32.8 Å². The summed E-state index contributed by atoms with van der Waals surface area (Å²) in [4.78, 5) is 30.3. The van der Waals surface area contributed by atoms with Gasteiger partial charge in [0.2, 0.25) is 0 Å². The van der Waals surface area contributed by atoms with Crippen LogP contribution in [0.2, 0.25) is 0 Å². The molecule has 1 saturated heterocycles. The Kier molecular flexibility index (Phi) is 9.94. The standard InChI is InChI=1S/C36H39BrFN3O5/c1-23-4-2-6-29(18-23)45-17-15-40(27-12-13-27)35(42)34-30(20-28-21-39-22-32(34)41(28)36(43)44)25-9-7-24(8-10-25)5-3-16-46-33-19-26(38)11-14-31(33)37/h2,4,6-11,14,18-19,27-28,32,39H,3,5,12-13,15-17,20-22H2,1H3,(H,43,44). The van der Waals surface area contributed by atoms with Gasteiger partial charge in [-0.25, -0.2) is 9.18 Å². The molecular formula is C36H39BrFN3O5. The molecule has 46 heavy (non-hydrogen) atoms. The Balaban J connectivity index is 1.20. The van der Waals surface area contributed by atoms with Gasteiger partial charge >= 0.3 is 6.09 Å². The second-order valence-electron chi connectivity index (χ2n) is 12.2. The first-order valence-electron chi connectivity index (χ1n) is 15.9. The fourth-order valence-electron chi connectivity index (χ4n) is 6.51. The molecule has 2 N–H and O–H groups in total. The van der Waals surface area contributed by atoms with E-state index in [1.165, 1.54) is 17.0 Å². The first-order valence-corrected chi connectivity index (χ1v) is 16.7. The van der Waals surface area contributed by atoms with Crippen LogP contribution in [-0.2, 0) is 11.2 Å². The van der Waals surface area contributed by atoms with Crippen molar-refractivity contribution in [3.63, 3.8) is 0 Å². The van der Waals surface area contributed by atoms with Gasteiger partial charge in [-0.3, -0.25) is 9.69 Å². The molecule has 8 nitrogen and oxygen atoms in total. The molecule has 3 aromatic carbocycles. The highest BCUT2D eigenvalue weighted by Crippen LogP contribution is 2.39. The molecule has 2 heterocycles. The molecule has 0 radical (unpaired) electrons. The van der Waals surface area contributed by atoms with E-state index >= 15 is 0 Å². The molecule has 0 spiro atoms. The second-order valence-corrected chi connectivity index (χ2v) is 13.1. The summed E-state index contributed by atoms with van der Waals surface area (Å²) in [5, 5.41) is 13.6. The monoisotopic (exact) mass is 691 g/mol. The predicted octanol–water partition coefficient (Wildman–Crippen LogP) is 6.46. The number of nitrogens with one attached hydrogen (secondary N) is 1. The van der Waals surface area contributed by atoms with Crippen LogP contribution in [0, 0.1) is 12.7 Å². The number of hydrogen-bond acceptors (Lipinski definition) is 5. The third-order valence-corrected chi connectivity index (χ3v) is 9.55. The summed E-state index contributed by atoms with van der Waals surface area (Å²) in [7, 11) is 0. The van der Waals surface area contributed by atoms with Crippen LogP contribution in [0.3, 0.4) is 0 Å². The van der Waals surface area contributed by atoms with Gasteiger partial charge in [-0.1, -0.05) is 36.4 Å². The lowest BCUT2D eigenvalue weighted by Gasteiger charge is -2.47. The molecule has 2 aliphatic heterocycles. The Hall–Kier alpha value is -3.89. The average molecular weight is 693 g/mol. The lowest BCUT2D eigenvalue weighted by atomic mass is 9.81. The van der Waals surface area contributed by atoms with Crippen molar-refractivity contribution in [1.29, 1.82) is 0 Å². The van der Waals surface area contributed by atoms with Crippen molar-refractivity contribution in [1.82, 2.24) is 15.1 Å². The summed E-state index contributed by atoms with van der Waals surface area (Å²) in [5.74, 6) is 0.805. The van der Waals surface area contributed by atoms with Crippen molar-refractivity contribution < 1.29 is 28.6 Å². The number of carbonyl (C=O) groups excluding carboxylic acids is 1. The molecule has 2 atom stereocenters. The summed E-state index contributed by atoms with van der Waals surface area (Å²) in [5.41, 5.74) is 4.66. The number of hydrogen-bond donors (Lipinski definition) is 2. The summed E-state index contributed by atoms with van der Waals surface area (Å²) < 4.78 is 26.1. The Morgan fingerprint density at radius 1 is 1.04 bits per heavy atom. The number of ether oxygens (including phenoxy) is 2. The predicted molar refractivity (Wildman–Crippen MR) is 178 cm³/mol. The summed E-state index contributed by atoms with van der Waals surface area (Å²) in [6.45, 7) is 4.18. The van der Waals surface area contributed by atoms with Crippen molar-refractivity contribution in [3.8, 4) is 11.5 Å². The smallest absolute Gasteiger partial charge is 0.408 e. The Labute approximate surface area is 277 Å². The molecule has 10 heteroatoms. The van der Waals surface area contributed by atoms with E-state index in [0.717, 1.165) is 53.7 Å². The SMILES string of the molecule is Cc1cccc(OCCN(C(=O)C2=C(c3ccc(CCCOc4cc(F)ccc4Br)cc3)CC3CNCC2N3C(=O)O)C2CC2)c1. The van der Waals surface area contributed by atoms with Gasteiger partial charge in [-0.2, -0.15) is 0 Å². The van der Waals surface area contributed by atoms with E-state index in [4.69, 9.17) is 9.47 Å². The van der Waals surface area contributed by atoms with Gasteiger partial charge < -0.3 is 24.8 Å². The van der Waals surface area contributed by atoms with Gasteiger partial charge in [-0.05, 0) is 101 Å². The number of piperazine rings is 1. The maximum atomic E-state index is 14.5. The summed E-state index contributed by atoms with van der Waals surface area (Å²) in [6, 6.07) is 19.8. The summed E-state index contributed by atoms with van der Waals surface area (Å²) >= 11 is 3.39. The molecule has 6 rings (SSSR count). The molecule has 3 aliphatic rings. The number of amides is 2. The Morgan fingerprint density at radius 2 is 1.85 bits per heavy atom. The van der Waals surface area contributed by atoms with Gasteiger partial charge in [0.25, 0.3) is 5.91 Å². The fraction of sp³-hybridized carbons (Fsp3) is 0.389. The van der Waals surface area contributed by atoms with Gasteiger partial charge in [0.05, 0.1) is 29.7 Å². The van der Waals surface area contributed by atoms with Crippen molar-refractivity contribution in [2.45, 2.75) is 57.2 Å². The zero-order valence-electron chi connectivity index (χ0n) is 25.9. The van der Waals surface area contributed by atoms with Gasteiger partial charge in [0.1, 0.15) is 23.9 Å². The van der Waals surface area contributed by atoms with Crippen LogP contribution in [0.15, 0.2) is 76.8 Å². The van der Waals surface area contributed by atoms with Crippen molar-refractivity contribution in [2.24, 2.45) is 0 Å². The molecule has 242 valence electrons. The van der Waals surface area contributed by atoms with E-state index in [9.17, 15) is 19.1 Å². The van der Waals surface area contributed by atoms with E-state index in [0.29, 0.717) is 55.1 Å². The minimum atomic E-state index is -0.996. The highest BCUT2D eigenvalue weighted by Gasteiger charge is 2.46. The molecule has 2 unspecified atom stereocenters. The number of fused-ring (bicyclic) bond motifs is 2. The number of carbonyl (C=O) groups is 2. The Morgan fingerprint density at radius 3 is 2.59 bits per heavy atom. The first-order chi connectivity index (χ1) is 22.3. The zero-order valence-corrected chi connectivity index (χ0v) is 27.5. The van der Waals surface area contributed by atoms with Crippen LogP contribution >= 0.6 is 15.9 Å². The van der Waals surface area contributed by atoms with E-state index < -0.39 is 12.1 Å².